The van der Waals surface area contributed by atoms with Gasteiger partial charge in [-0.2, -0.15) is 0 Å². The largest absolute Gasteiger partial charge is 0.493 e. The summed E-state index contributed by atoms with van der Waals surface area (Å²) in [5, 5.41) is 3.41. The van der Waals surface area contributed by atoms with Crippen LogP contribution in [0.5, 0.6) is 5.75 Å². The van der Waals surface area contributed by atoms with Gasteiger partial charge in [0.2, 0.25) is 0 Å². The minimum atomic E-state index is 0.287. The number of fused-ring (bicyclic) bond motifs is 1. The SMILES string of the molecule is CNC(c1ccc2c(c1)CCO2)c1ccc(C)s1. The summed E-state index contributed by atoms with van der Waals surface area (Å²) in [4.78, 5) is 2.73. The normalized spacial score (nSPS) is 15.2. The zero-order valence-electron chi connectivity index (χ0n) is 10.7. The van der Waals surface area contributed by atoms with E-state index in [1.807, 2.05) is 18.4 Å². The standard InChI is InChI=1S/C15H17NOS/c1-10-3-6-14(18-10)15(16-2)12-4-5-13-11(9-12)7-8-17-13/h3-6,9,15-16H,7-8H2,1-2H3. The molecule has 94 valence electrons. The molecule has 0 bridgehead atoms. The minimum absolute atomic E-state index is 0.287. The van der Waals surface area contributed by atoms with Crippen molar-refractivity contribution >= 4 is 11.3 Å². The number of rotatable bonds is 3. The van der Waals surface area contributed by atoms with E-state index in [0.717, 1.165) is 18.8 Å². The molecule has 3 heteroatoms. The van der Waals surface area contributed by atoms with E-state index in [1.54, 1.807) is 0 Å². The predicted octanol–water partition coefficient (Wildman–Crippen LogP) is 3.30. The second kappa shape index (κ2) is 4.75. The second-order valence-corrected chi connectivity index (χ2v) is 5.96. The number of nitrogens with one attached hydrogen (secondary N) is 1. The van der Waals surface area contributed by atoms with Crippen molar-refractivity contribution in [1.82, 2.24) is 5.32 Å². The Morgan fingerprint density at radius 3 is 2.89 bits per heavy atom. The summed E-state index contributed by atoms with van der Waals surface area (Å²) >= 11 is 1.85. The first-order valence-corrected chi connectivity index (χ1v) is 7.09. The maximum atomic E-state index is 5.56. The van der Waals surface area contributed by atoms with Crippen molar-refractivity contribution in [1.29, 1.82) is 0 Å². The van der Waals surface area contributed by atoms with Crippen LogP contribution >= 0.6 is 11.3 Å². The second-order valence-electron chi connectivity index (χ2n) is 4.64. The first-order valence-electron chi connectivity index (χ1n) is 6.27. The van der Waals surface area contributed by atoms with Crippen LogP contribution in [0.4, 0.5) is 0 Å². The monoisotopic (exact) mass is 259 g/mol. The first-order chi connectivity index (χ1) is 8.78. The highest BCUT2D eigenvalue weighted by Crippen LogP contribution is 2.32. The molecule has 1 aromatic carbocycles. The molecular formula is C15H17NOS. The highest BCUT2D eigenvalue weighted by atomic mass is 32.1. The Balaban J connectivity index is 1.96. The van der Waals surface area contributed by atoms with Crippen molar-refractivity contribution in [2.75, 3.05) is 13.7 Å². The summed E-state index contributed by atoms with van der Waals surface area (Å²) in [7, 11) is 2.02. The highest BCUT2D eigenvalue weighted by molar-refractivity contribution is 7.12. The lowest BCUT2D eigenvalue weighted by atomic mass is 10.0. The zero-order valence-corrected chi connectivity index (χ0v) is 11.5. The van der Waals surface area contributed by atoms with E-state index in [1.165, 1.54) is 20.9 Å². The van der Waals surface area contributed by atoms with E-state index in [0.29, 0.717) is 0 Å². The van der Waals surface area contributed by atoms with Crippen LogP contribution in [0.3, 0.4) is 0 Å². The molecule has 0 spiro atoms. The molecule has 0 saturated carbocycles. The van der Waals surface area contributed by atoms with Gasteiger partial charge in [-0.25, -0.2) is 0 Å². The average molecular weight is 259 g/mol. The quantitative estimate of drug-likeness (QED) is 0.913. The molecule has 1 unspecified atom stereocenters. The van der Waals surface area contributed by atoms with Crippen molar-refractivity contribution < 1.29 is 4.74 Å². The summed E-state index contributed by atoms with van der Waals surface area (Å²) in [5.41, 5.74) is 2.66. The van der Waals surface area contributed by atoms with E-state index >= 15 is 0 Å². The fraction of sp³-hybridized carbons (Fsp3) is 0.333. The smallest absolute Gasteiger partial charge is 0.122 e. The first kappa shape index (κ1) is 11.8. The molecule has 3 rings (SSSR count). The Kier molecular flexibility index (Phi) is 3.10. The fourth-order valence-corrected chi connectivity index (χ4v) is 3.48. The van der Waals surface area contributed by atoms with Crippen LogP contribution in [0.15, 0.2) is 30.3 Å². The highest BCUT2D eigenvalue weighted by Gasteiger charge is 2.18. The third kappa shape index (κ3) is 2.04. The van der Waals surface area contributed by atoms with Crippen molar-refractivity contribution in [3.63, 3.8) is 0 Å². The Morgan fingerprint density at radius 2 is 2.17 bits per heavy atom. The molecule has 2 aromatic rings. The Labute approximate surface area is 112 Å². The lowest BCUT2D eigenvalue weighted by Gasteiger charge is -2.16. The molecule has 0 saturated heterocycles. The van der Waals surface area contributed by atoms with Gasteiger partial charge < -0.3 is 10.1 Å². The lowest BCUT2D eigenvalue weighted by molar-refractivity contribution is 0.357. The van der Waals surface area contributed by atoms with Gasteiger partial charge in [0.05, 0.1) is 12.6 Å². The summed E-state index contributed by atoms with van der Waals surface area (Å²) in [5.74, 6) is 1.05. The molecule has 0 aliphatic carbocycles. The van der Waals surface area contributed by atoms with Gasteiger partial charge >= 0.3 is 0 Å². The molecule has 1 aromatic heterocycles. The van der Waals surface area contributed by atoms with Crippen LogP contribution in [-0.4, -0.2) is 13.7 Å². The maximum Gasteiger partial charge on any atom is 0.122 e. The molecule has 0 amide bonds. The molecule has 18 heavy (non-hydrogen) atoms. The lowest BCUT2D eigenvalue weighted by Crippen LogP contribution is -2.16. The van der Waals surface area contributed by atoms with Crippen LogP contribution in [0, 0.1) is 6.92 Å². The van der Waals surface area contributed by atoms with Crippen LogP contribution in [-0.2, 0) is 6.42 Å². The van der Waals surface area contributed by atoms with E-state index in [4.69, 9.17) is 4.74 Å². The van der Waals surface area contributed by atoms with E-state index in [2.05, 4.69) is 42.6 Å². The van der Waals surface area contributed by atoms with Gasteiger partial charge in [-0.3, -0.25) is 0 Å². The van der Waals surface area contributed by atoms with Crippen molar-refractivity contribution in [3.05, 3.63) is 51.2 Å². The van der Waals surface area contributed by atoms with Crippen molar-refractivity contribution in [3.8, 4) is 5.75 Å². The van der Waals surface area contributed by atoms with E-state index < -0.39 is 0 Å². The van der Waals surface area contributed by atoms with Crippen LogP contribution in [0.25, 0.3) is 0 Å². The van der Waals surface area contributed by atoms with Crippen LogP contribution in [0.1, 0.15) is 26.9 Å². The number of ether oxygens (including phenoxy) is 1. The molecule has 0 radical (unpaired) electrons. The number of hydrogen-bond acceptors (Lipinski definition) is 3. The number of benzene rings is 1. The third-order valence-electron chi connectivity index (χ3n) is 3.38. The fourth-order valence-electron chi connectivity index (χ4n) is 2.47. The molecule has 2 nitrogen and oxygen atoms in total. The van der Waals surface area contributed by atoms with E-state index in [9.17, 15) is 0 Å². The van der Waals surface area contributed by atoms with Crippen LogP contribution in [0.2, 0.25) is 0 Å². The Morgan fingerprint density at radius 1 is 1.28 bits per heavy atom. The predicted molar refractivity (Wildman–Crippen MR) is 75.6 cm³/mol. The molecule has 1 aliphatic heterocycles. The summed E-state index contributed by atoms with van der Waals surface area (Å²) in [6, 6.07) is 11.2. The average Bonchev–Trinajstić information content (AvgIpc) is 2.99. The summed E-state index contributed by atoms with van der Waals surface area (Å²) in [6.45, 7) is 2.97. The van der Waals surface area contributed by atoms with Crippen molar-refractivity contribution in [2.45, 2.75) is 19.4 Å². The van der Waals surface area contributed by atoms with E-state index in [-0.39, 0.29) is 6.04 Å². The number of hydrogen-bond donors (Lipinski definition) is 1. The third-order valence-corrected chi connectivity index (χ3v) is 4.45. The molecule has 1 atom stereocenters. The molecule has 2 heterocycles. The Hall–Kier alpha value is -1.32. The molecule has 0 fully saturated rings. The molecule has 1 N–H and O–H groups in total. The molecular weight excluding hydrogens is 242 g/mol. The Bertz CT molecular complexity index is 561. The van der Waals surface area contributed by atoms with Gasteiger partial charge in [-0.15, -0.1) is 11.3 Å². The van der Waals surface area contributed by atoms with Crippen LogP contribution < -0.4 is 10.1 Å². The van der Waals surface area contributed by atoms with Gasteiger partial charge in [0.15, 0.2) is 0 Å². The summed E-state index contributed by atoms with van der Waals surface area (Å²) in [6.07, 6.45) is 1.03. The van der Waals surface area contributed by atoms with Gasteiger partial charge in [-0.1, -0.05) is 12.1 Å². The topological polar surface area (TPSA) is 21.3 Å². The van der Waals surface area contributed by atoms with Gasteiger partial charge in [0.25, 0.3) is 0 Å². The van der Waals surface area contributed by atoms with Gasteiger partial charge in [0.1, 0.15) is 5.75 Å². The number of thiophene rings is 1. The van der Waals surface area contributed by atoms with Gasteiger partial charge in [-0.05, 0) is 43.3 Å². The zero-order chi connectivity index (χ0) is 12.5. The minimum Gasteiger partial charge on any atom is -0.493 e. The molecule has 1 aliphatic rings. The summed E-state index contributed by atoms with van der Waals surface area (Å²) < 4.78 is 5.56. The number of aryl methyl sites for hydroxylation is 1. The van der Waals surface area contributed by atoms with Gasteiger partial charge in [0, 0.05) is 16.2 Å². The maximum absolute atomic E-state index is 5.56. The van der Waals surface area contributed by atoms with Crippen molar-refractivity contribution in [2.24, 2.45) is 0 Å².